The van der Waals surface area contributed by atoms with E-state index in [9.17, 15) is 9.59 Å². The van der Waals surface area contributed by atoms with E-state index in [1.807, 2.05) is 0 Å². The SMILES string of the molecule is N#CCCN1CCCC(C(=O)NCc2ccc(C(=O)O)cc2)C1. The van der Waals surface area contributed by atoms with Gasteiger partial charge in [-0.05, 0) is 37.1 Å². The highest BCUT2D eigenvalue weighted by Crippen LogP contribution is 2.17. The number of hydrogen-bond donors (Lipinski definition) is 2. The molecule has 1 unspecified atom stereocenters. The number of nitrogens with one attached hydrogen (secondary N) is 1. The van der Waals surface area contributed by atoms with Crippen molar-refractivity contribution in [1.29, 1.82) is 5.26 Å². The zero-order valence-corrected chi connectivity index (χ0v) is 13.0. The number of aromatic carboxylic acids is 1. The van der Waals surface area contributed by atoms with E-state index in [-0.39, 0.29) is 17.4 Å². The van der Waals surface area contributed by atoms with Gasteiger partial charge in [-0.25, -0.2) is 4.79 Å². The summed E-state index contributed by atoms with van der Waals surface area (Å²) in [5, 5.41) is 20.4. The normalized spacial score (nSPS) is 18.1. The third kappa shape index (κ3) is 5.08. The first kappa shape index (κ1) is 17.0. The van der Waals surface area contributed by atoms with Gasteiger partial charge in [0.15, 0.2) is 0 Å². The molecule has 6 heteroatoms. The van der Waals surface area contributed by atoms with Crippen molar-refractivity contribution in [1.82, 2.24) is 10.2 Å². The van der Waals surface area contributed by atoms with E-state index in [0.29, 0.717) is 19.5 Å². The quantitative estimate of drug-likeness (QED) is 0.832. The largest absolute Gasteiger partial charge is 0.478 e. The molecule has 0 radical (unpaired) electrons. The predicted molar refractivity (Wildman–Crippen MR) is 84.6 cm³/mol. The van der Waals surface area contributed by atoms with Crippen molar-refractivity contribution >= 4 is 11.9 Å². The third-order valence-corrected chi connectivity index (χ3v) is 4.08. The van der Waals surface area contributed by atoms with Crippen molar-refractivity contribution in [3.05, 3.63) is 35.4 Å². The molecule has 1 atom stereocenters. The highest BCUT2D eigenvalue weighted by Gasteiger charge is 2.25. The second-order valence-electron chi connectivity index (χ2n) is 5.77. The van der Waals surface area contributed by atoms with Gasteiger partial charge in [0.25, 0.3) is 0 Å². The van der Waals surface area contributed by atoms with Gasteiger partial charge < -0.3 is 15.3 Å². The van der Waals surface area contributed by atoms with Crippen LogP contribution in [0, 0.1) is 17.2 Å². The number of carboxylic acid groups (broad SMARTS) is 1. The van der Waals surface area contributed by atoms with Crippen molar-refractivity contribution in [2.24, 2.45) is 5.92 Å². The minimum atomic E-state index is -0.958. The zero-order valence-electron chi connectivity index (χ0n) is 13.0. The fourth-order valence-electron chi connectivity index (χ4n) is 2.78. The van der Waals surface area contributed by atoms with Gasteiger partial charge in [-0.15, -0.1) is 0 Å². The molecule has 1 aliphatic heterocycles. The number of nitrogens with zero attached hydrogens (tertiary/aromatic N) is 2. The standard InChI is InChI=1S/C17H21N3O3/c18-8-2-10-20-9-1-3-15(12-20)16(21)19-11-13-4-6-14(7-5-13)17(22)23/h4-7,15H,1-3,9-12H2,(H,19,21)(H,22,23). The van der Waals surface area contributed by atoms with Crippen LogP contribution in [0.15, 0.2) is 24.3 Å². The van der Waals surface area contributed by atoms with Gasteiger partial charge in [-0.3, -0.25) is 4.79 Å². The number of likely N-dealkylation sites (tertiary alicyclic amines) is 1. The van der Waals surface area contributed by atoms with Gasteiger partial charge in [0.1, 0.15) is 0 Å². The lowest BCUT2D eigenvalue weighted by molar-refractivity contribution is -0.126. The molecule has 1 aromatic carbocycles. The lowest BCUT2D eigenvalue weighted by Gasteiger charge is -2.31. The Morgan fingerprint density at radius 3 is 2.74 bits per heavy atom. The molecule has 6 nitrogen and oxygen atoms in total. The number of carboxylic acids is 1. The highest BCUT2D eigenvalue weighted by molar-refractivity contribution is 5.87. The number of nitriles is 1. The van der Waals surface area contributed by atoms with Crippen molar-refractivity contribution in [2.75, 3.05) is 19.6 Å². The lowest BCUT2D eigenvalue weighted by Crippen LogP contribution is -2.43. The number of carbonyl (C=O) groups is 2. The van der Waals surface area contributed by atoms with Gasteiger partial charge in [0, 0.05) is 26.1 Å². The molecule has 1 aliphatic rings. The summed E-state index contributed by atoms with van der Waals surface area (Å²) in [5.41, 5.74) is 1.11. The Hall–Kier alpha value is -2.39. The molecular weight excluding hydrogens is 294 g/mol. The number of carbonyl (C=O) groups excluding carboxylic acids is 1. The van der Waals surface area contributed by atoms with E-state index in [2.05, 4.69) is 16.3 Å². The van der Waals surface area contributed by atoms with Crippen LogP contribution in [0.4, 0.5) is 0 Å². The number of piperidine rings is 1. The molecule has 0 bridgehead atoms. The van der Waals surface area contributed by atoms with Crippen LogP contribution >= 0.6 is 0 Å². The average molecular weight is 315 g/mol. The number of rotatable bonds is 6. The van der Waals surface area contributed by atoms with Gasteiger partial charge in [-0.1, -0.05) is 12.1 Å². The molecule has 1 fully saturated rings. The summed E-state index contributed by atoms with van der Waals surface area (Å²) in [4.78, 5) is 25.2. The molecule has 122 valence electrons. The number of hydrogen-bond acceptors (Lipinski definition) is 4. The van der Waals surface area contributed by atoms with Crippen molar-refractivity contribution < 1.29 is 14.7 Å². The first-order valence-electron chi connectivity index (χ1n) is 7.79. The van der Waals surface area contributed by atoms with Gasteiger partial charge in [0.2, 0.25) is 5.91 Å². The molecule has 0 saturated carbocycles. The zero-order chi connectivity index (χ0) is 16.7. The monoisotopic (exact) mass is 315 g/mol. The Balaban J connectivity index is 1.82. The van der Waals surface area contributed by atoms with Crippen LogP contribution in [0.25, 0.3) is 0 Å². The maximum absolute atomic E-state index is 12.3. The van der Waals surface area contributed by atoms with Crippen molar-refractivity contribution in [3.63, 3.8) is 0 Å². The van der Waals surface area contributed by atoms with E-state index in [4.69, 9.17) is 10.4 Å². The number of benzene rings is 1. The van der Waals surface area contributed by atoms with E-state index < -0.39 is 5.97 Å². The van der Waals surface area contributed by atoms with Crippen LogP contribution in [0.1, 0.15) is 35.2 Å². The Kier molecular flexibility index (Phi) is 6.12. The minimum Gasteiger partial charge on any atom is -0.478 e. The fourth-order valence-corrected chi connectivity index (χ4v) is 2.78. The molecule has 1 aromatic rings. The summed E-state index contributed by atoms with van der Waals surface area (Å²) in [7, 11) is 0. The smallest absolute Gasteiger partial charge is 0.335 e. The van der Waals surface area contributed by atoms with Crippen LogP contribution in [0.5, 0.6) is 0 Å². The van der Waals surface area contributed by atoms with Crippen LogP contribution < -0.4 is 5.32 Å². The first-order valence-corrected chi connectivity index (χ1v) is 7.79. The van der Waals surface area contributed by atoms with E-state index in [1.165, 1.54) is 12.1 Å². The highest BCUT2D eigenvalue weighted by atomic mass is 16.4. The topological polar surface area (TPSA) is 93.4 Å². The Labute approximate surface area is 135 Å². The fraction of sp³-hybridized carbons (Fsp3) is 0.471. The summed E-state index contributed by atoms with van der Waals surface area (Å²) in [6.07, 6.45) is 2.33. The molecule has 1 saturated heterocycles. The molecule has 1 amide bonds. The summed E-state index contributed by atoms with van der Waals surface area (Å²) in [6, 6.07) is 8.63. The molecular formula is C17H21N3O3. The summed E-state index contributed by atoms with van der Waals surface area (Å²) in [5.74, 6) is -0.977. The predicted octanol–water partition coefficient (Wildman–Crippen LogP) is 1.63. The van der Waals surface area contributed by atoms with E-state index in [0.717, 1.165) is 31.5 Å². The first-order chi connectivity index (χ1) is 11.1. The Morgan fingerprint density at radius 2 is 2.09 bits per heavy atom. The van der Waals surface area contributed by atoms with Crippen LogP contribution in [-0.4, -0.2) is 41.5 Å². The molecule has 0 aliphatic carbocycles. The van der Waals surface area contributed by atoms with Crippen LogP contribution in [0.3, 0.4) is 0 Å². The molecule has 0 spiro atoms. The molecule has 2 rings (SSSR count). The third-order valence-electron chi connectivity index (χ3n) is 4.08. The van der Waals surface area contributed by atoms with Gasteiger partial charge in [-0.2, -0.15) is 5.26 Å². The second-order valence-corrected chi connectivity index (χ2v) is 5.77. The molecule has 0 aromatic heterocycles. The van der Waals surface area contributed by atoms with Crippen LogP contribution in [-0.2, 0) is 11.3 Å². The van der Waals surface area contributed by atoms with Crippen molar-refractivity contribution in [3.8, 4) is 6.07 Å². The molecule has 1 heterocycles. The summed E-state index contributed by atoms with van der Waals surface area (Å²) < 4.78 is 0. The summed E-state index contributed by atoms with van der Waals surface area (Å²) >= 11 is 0. The van der Waals surface area contributed by atoms with Crippen LogP contribution in [0.2, 0.25) is 0 Å². The molecule has 2 N–H and O–H groups in total. The second kappa shape index (κ2) is 8.30. The number of amides is 1. The average Bonchev–Trinajstić information content (AvgIpc) is 2.58. The van der Waals surface area contributed by atoms with E-state index >= 15 is 0 Å². The minimum absolute atomic E-state index is 0.0222. The molecule has 23 heavy (non-hydrogen) atoms. The maximum Gasteiger partial charge on any atom is 0.335 e. The van der Waals surface area contributed by atoms with E-state index in [1.54, 1.807) is 12.1 Å². The Bertz CT molecular complexity index is 592. The van der Waals surface area contributed by atoms with Gasteiger partial charge in [0.05, 0.1) is 17.6 Å². The maximum atomic E-state index is 12.3. The van der Waals surface area contributed by atoms with Gasteiger partial charge >= 0.3 is 5.97 Å². The van der Waals surface area contributed by atoms with Crippen molar-refractivity contribution in [2.45, 2.75) is 25.8 Å². The lowest BCUT2D eigenvalue weighted by atomic mass is 9.97. The Morgan fingerprint density at radius 1 is 1.35 bits per heavy atom. The summed E-state index contributed by atoms with van der Waals surface area (Å²) in [6.45, 7) is 2.76.